The van der Waals surface area contributed by atoms with Gasteiger partial charge in [-0.1, -0.05) is 66.2 Å². The second-order valence-corrected chi connectivity index (χ2v) is 12.9. The summed E-state index contributed by atoms with van der Waals surface area (Å²) in [6.07, 6.45) is 17.4. The summed E-state index contributed by atoms with van der Waals surface area (Å²) in [7, 11) is 0. The molecule has 0 aromatic rings. The zero-order valence-corrected chi connectivity index (χ0v) is 21.4. The third kappa shape index (κ3) is 3.80. The van der Waals surface area contributed by atoms with Gasteiger partial charge in [-0.2, -0.15) is 0 Å². The van der Waals surface area contributed by atoms with Gasteiger partial charge in [0, 0.05) is 5.92 Å². The molecule has 0 amide bonds. The SMILES string of the molecule is CC[C@H](/C=C/[C@@H](C)[C@H]1CC[C@H]2[C@@H]3C(=O)C=C4C[C@@H](C)CC[C@]4(C)[C@H]3CC[C@]12C)C(C)C. The Morgan fingerprint density at radius 2 is 1.77 bits per heavy atom. The van der Waals surface area contributed by atoms with Crippen molar-refractivity contribution in [1.29, 1.82) is 0 Å². The number of hydrogen-bond donors (Lipinski definition) is 0. The van der Waals surface area contributed by atoms with Crippen LogP contribution in [0, 0.1) is 58.2 Å². The molecule has 4 rings (SSSR count). The lowest BCUT2D eigenvalue weighted by atomic mass is 9.46. The molecule has 9 atom stereocenters. The van der Waals surface area contributed by atoms with Crippen molar-refractivity contribution in [2.75, 3.05) is 0 Å². The average molecular weight is 425 g/mol. The van der Waals surface area contributed by atoms with Crippen LogP contribution in [-0.4, -0.2) is 5.78 Å². The van der Waals surface area contributed by atoms with Gasteiger partial charge < -0.3 is 0 Å². The number of rotatable bonds is 5. The molecule has 1 nitrogen and oxygen atoms in total. The number of ketones is 1. The highest BCUT2D eigenvalue weighted by Gasteiger charge is 2.61. The molecule has 0 N–H and O–H groups in total. The molecule has 1 heteroatoms. The summed E-state index contributed by atoms with van der Waals surface area (Å²) in [5, 5.41) is 0. The Bertz CT molecular complexity index is 744. The molecule has 4 aliphatic rings. The Balaban J connectivity index is 1.57. The maximum Gasteiger partial charge on any atom is 0.159 e. The number of carbonyl (C=O) groups excluding carboxylic acids is 1. The topological polar surface area (TPSA) is 17.1 Å². The molecule has 4 aliphatic carbocycles. The van der Waals surface area contributed by atoms with Crippen molar-refractivity contribution >= 4 is 5.78 Å². The maximum atomic E-state index is 13.5. The summed E-state index contributed by atoms with van der Waals surface area (Å²) in [6.45, 7) is 16.9. The molecule has 0 aromatic carbocycles. The molecule has 0 aliphatic heterocycles. The standard InChI is InChI=1S/C30H48O/c1-8-22(19(2)3)10-9-21(5)24-11-12-25-28-26(14-16-30(24,25)7)29(6)15-13-20(4)17-23(29)18-27(28)31/h9-10,18-22,24-26,28H,8,11-17H2,1-7H3/b10-9+/t20-,21+,22+,24+,25-,26-,28-,29-,30+/m0/s1. The molecule has 3 fully saturated rings. The van der Waals surface area contributed by atoms with Crippen LogP contribution in [-0.2, 0) is 4.79 Å². The first-order valence-electron chi connectivity index (χ1n) is 13.5. The number of hydrogen-bond acceptors (Lipinski definition) is 1. The van der Waals surface area contributed by atoms with Crippen LogP contribution in [0.15, 0.2) is 23.8 Å². The number of allylic oxidation sites excluding steroid dienone is 4. The van der Waals surface area contributed by atoms with Crippen LogP contribution in [0.25, 0.3) is 0 Å². The highest BCUT2D eigenvalue weighted by Crippen LogP contribution is 2.66. The van der Waals surface area contributed by atoms with Gasteiger partial charge in [-0.3, -0.25) is 4.79 Å². The van der Waals surface area contributed by atoms with Crippen molar-refractivity contribution in [3.05, 3.63) is 23.8 Å². The molecule has 0 saturated heterocycles. The Hall–Kier alpha value is -0.850. The van der Waals surface area contributed by atoms with Crippen molar-refractivity contribution in [2.24, 2.45) is 58.2 Å². The molecule has 3 saturated carbocycles. The van der Waals surface area contributed by atoms with Crippen LogP contribution in [0.4, 0.5) is 0 Å². The van der Waals surface area contributed by atoms with Gasteiger partial charge in [-0.05, 0) is 110 Å². The van der Waals surface area contributed by atoms with Crippen molar-refractivity contribution in [3.8, 4) is 0 Å². The van der Waals surface area contributed by atoms with E-state index in [0.29, 0.717) is 46.2 Å². The molecule has 174 valence electrons. The highest BCUT2D eigenvalue weighted by molar-refractivity contribution is 5.94. The summed E-state index contributed by atoms with van der Waals surface area (Å²) in [5.41, 5.74) is 2.14. The first-order valence-corrected chi connectivity index (χ1v) is 13.5. The average Bonchev–Trinajstić information content (AvgIpc) is 3.06. The second kappa shape index (κ2) is 8.49. The Labute approximate surface area is 192 Å². The van der Waals surface area contributed by atoms with E-state index < -0.39 is 0 Å². The predicted molar refractivity (Wildman–Crippen MR) is 132 cm³/mol. The van der Waals surface area contributed by atoms with Crippen LogP contribution < -0.4 is 0 Å². The maximum absolute atomic E-state index is 13.5. The van der Waals surface area contributed by atoms with E-state index in [1.807, 2.05) is 0 Å². The molecule has 0 heterocycles. The van der Waals surface area contributed by atoms with Crippen LogP contribution in [0.1, 0.15) is 99.8 Å². The van der Waals surface area contributed by atoms with Crippen molar-refractivity contribution in [3.63, 3.8) is 0 Å². The molecular formula is C30H48O. The lowest BCUT2D eigenvalue weighted by Gasteiger charge is -2.57. The lowest BCUT2D eigenvalue weighted by molar-refractivity contribution is -0.134. The van der Waals surface area contributed by atoms with Gasteiger partial charge in [0.25, 0.3) is 0 Å². The summed E-state index contributed by atoms with van der Waals surface area (Å²) in [6, 6.07) is 0. The van der Waals surface area contributed by atoms with Crippen LogP contribution in [0.3, 0.4) is 0 Å². The minimum absolute atomic E-state index is 0.293. The fraction of sp³-hybridized carbons (Fsp3) is 0.833. The van der Waals surface area contributed by atoms with E-state index in [1.54, 1.807) is 0 Å². The first kappa shape index (κ1) is 23.3. The van der Waals surface area contributed by atoms with Gasteiger partial charge in [0.2, 0.25) is 0 Å². The zero-order chi connectivity index (χ0) is 22.6. The fourth-order valence-corrected chi connectivity index (χ4v) is 8.77. The molecule has 0 spiro atoms. The fourth-order valence-electron chi connectivity index (χ4n) is 8.77. The highest BCUT2D eigenvalue weighted by atomic mass is 16.1. The lowest BCUT2D eigenvalue weighted by Crippen LogP contribution is -2.53. The smallest absolute Gasteiger partial charge is 0.159 e. The third-order valence-electron chi connectivity index (χ3n) is 10.9. The molecule has 0 aromatic heterocycles. The molecule has 0 radical (unpaired) electrons. The van der Waals surface area contributed by atoms with Crippen molar-refractivity contribution < 1.29 is 4.79 Å². The van der Waals surface area contributed by atoms with E-state index in [2.05, 4.69) is 66.7 Å². The van der Waals surface area contributed by atoms with E-state index >= 15 is 0 Å². The third-order valence-corrected chi connectivity index (χ3v) is 10.9. The quantitative estimate of drug-likeness (QED) is 0.406. The number of carbonyl (C=O) groups is 1. The van der Waals surface area contributed by atoms with Crippen molar-refractivity contribution in [1.82, 2.24) is 0 Å². The van der Waals surface area contributed by atoms with E-state index in [0.717, 1.165) is 24.2 Å². The summed E-state index contributed by atoms with van der Waals surface area (Å²) in [4.78, 5) is 13.5. The van der Waals surface area contributed by atoms with Gasteiger partial charge in [-0.15, -0.1) is 0 Å². The van der Waals surface area contributed by atoms with Gasteiger partial charge in [-0.25, -0.2) is 0 Å². The summed E-state index contributed by atoms with van der Waals surface area (Å²) < 4.78 is 0. The molecule has 0 unspecified atom stereocenters. The minimum atomic E-state index is 0.293. The Morgan fingerprint density at radius 3 is 2.45 bits per heavy atom. The first-order chi connectivity index (χ1) is 14.6. The molecular weight excluding hydrogens is 376 g/mol. The Kier molecular flexibility index (Phi) is 6.39. The van der Waals surface area contributed by atoms with Gasteiger partial charge in [0.15, 0.2) is 5.78 Å². The normalized spacial score (nSPS) is 44.6. The number of fused-ring (bicyclic) bond motifs is 5. The second-order valence-electron chi connectivity index (χ2n) is 12.9. The van der Waals surface area contributed by atoms with E-state index in [4.69, 9.17) is 0 Å². The van der Waals surface area contributed by atoms with E-state index in [9.17, 15) is 4.79 Å². The van der Waals surface area contributed by atoms with E-state index in [-0.39, 0.29) is 0 Å². The van der Waals surface area contributed by atoms with Gasteiger partial charge in [0.1, 0.15) is 0 Å². The largest absolute Gasteiger partial charge is 0.295 e. The van der Waals surface area contributed by atoms with Crippen LogP contribution in [0.2, 0.25) is 0 Å². The zero-order valence-electron chi connectivity index (χ0n) is 21.4. The van der Waals surface area contributed by atoms with Crippen LogP contribution >= 0.6 is 0 Å². The van der Waals surface area contributed by atoms with Crippen molar-refractivity contribution in [2.45, 2.75) is 99.8 Å². The predicted octanol–water partition coefficient (Wildman–Crippen LogP) is 8.26. The monoisotopic (exact) mass is 424 g/mol. The molecule has 31 heavy (non-hydrogen) atoms. The molecule has 0 bridgehead atoms. The summed E-state index contributed by atoms with van der Waals surface area (Å²) in [5.74, 6) is 5.50. The van der Waals surface area contributed by atoms with Gasteiger partial charge >= 0.3 is 0 Å². The van der Waals surface area contributed by atoms with Gasteiger partial charge in [0.05, 0.1) is 0 Å². The minimum Gasteiger partial charge on any atom is -0.295 e. The van der Waals surface area contributed by atoms with E-state index in [1.165, 1.54) is 50.5 Å². The summed E-state index contributed by atoms with van der Waals surface area (Å²) >= 11 is 0. The van der Waals surface area contributed by atoms with Crippen LogP contribution in [0.5, 0.6) is 0 Å². The Morgan fingerprint density at radius 1 is 1.03 bits per heavy atom.